The van der Waals surface area contributed by atoms with Crippen molar-refractivity contribution in [3.63, 3.8) is 0 Å². The summed E-state index contributed by atoms with van der Waals surface area (Å²) in [5, 5.41) is 8.44. The Kier molecular flexibility index (Phi) is 1.60. The molecule has 0 aliphatic rings. The molecule has 0 bridgehead atoms. The van der Waals surface area contributed by atoms with Crippen LogP contribution in [0.3, 0.4) is 0 Å². The van der Waals surface area contributed by atoms with Crippen LogP contribution in [0.4, 0.5) is 0 Å². The molecular weight excluding hydrogens is 120 g/mol. The molecule has 48 valence electrons. The van der Waals surface area contributed by atoms with E-state index in [-0.39, 0.29) is 6.73 Å². The minimum Gasteiger partial charge on any atom is -0.376 e. The van der Waals surface area contributed by atoms with E-state index in [1.165, 1.54) is 12.4 Å². The van der Waals surface area contributed by atoms with Crippen molar-refractivity contribution in [1.29, 1.82) is 0 Å². The van der Waals surface area contributed by atoms with E-state index in [1.807, 2.05) is 0 Å². The minimum absolute atomic E-state index is 0.313. The van der Waals surface area contributed by atoms with Gasteiger partial charge >= 0.3 is 5.69 Å². The van der Waals surface area contributed by atoms with Crippen LogP contribution < -0.4 is 5.69 Å². The topological polar surface area (TPSA) is 55.1 Å². The lowest BCUT2D eigenvalue weighted by Gasteiger charge is -1.94. The second kappa shape index (κ2) is 2.41. The number of hydrogen-bond acceptors (Lipinski definition) is 3. The third kappa shape index (κ3) is 1.14. The van der Waals surface area contributed by atoms with Gasteiger partial charge in [0.05, 0.1) is 0 Å². The maximum Gasteiger partial charge on any atom is 0.349 e. The van der Waals surface area contributed by atoms with Crippen molar-refractivity contribution in [3.05, 3.63) is 28.9 Å². The van der Waals surface area contributed by atoms with Crippen LogP contribution in [0.1, 0.15) is 0 Å². The Morgan fingerprint density at radius 3 is 3.00 bits per heavy atom. The Balaban J connectivity index is 3.16. The predicted octanol–water partition coefficient (Wildman–Crippen LogP) is -0.807. The quantitative estimate of drug-likeness (QED) is 0.535. The van der Waals surface area contributed by atoms with Gasteiger partial charge in [-0.2, -0.15) is 0 Å². The first-order valence-corrected chi connectivity index (χ1v) is 2.47. The summed E-state index contributed by atoms with van der Waals surface area (Å²) in [6.45, 7) is -0.313. The van der Waals surface area contributed by atoms with Gasteiger partial charge in [0, 0.05) is 12.4 Å². The highest BCUT2D eigenvalue weighted by molar-refractivity contribution is 4.79. The summed E-state index contributed by atoms with van der Waals surface area (Å²) in [4.78, 5) is 13.9. The lowest BCUT2D eigenvalue weighted by Crippen LogP contribution is -2.20. The molecule has 1 heterocycles. The molecule has 1 rings (SSSR count). The lowest BCUT2D eigenvalue weighted by atomic mass is 10.7. The number of rotatable bonds is 1. The zero-order chi connectivity index (χ0) is 6.69. The van der Waals surface area contributed by atoms with Crippen LogP contribution in [0.25, 0.3) is 0 Å². The fourth-order valence-corrected chi connectivity index (χ4v) is 0.495. The van der Waals surface area contributed by atoms with Crippen molar-refractivity contribution in [3.8, 4) is 0 Å². The minimum atomic E-state index is -0.431. The first-order chi connectivity index (χ1) is 4.34. The first-order valence-electron chi connectivity index (χ1n) is 2.47. The number of aliphatic hydroxyl groups is 1. The monoisotopic (exact) mass is 126 g/mol. The molecule has 1 N–H and O–H groups in total. The number of aliphatic hydroxyl groups excluding tert-OH is 1. The van der Waals surface area contributed by atoms with Gasteiger partial charge in [-0.25, -0.2) is 9.78 Å². The molecule has 0 spiro atoms. The SMILES string of the molecule is O=c1ncccn1CO. The summed E-state index contributed by atoms with van der Waals surface area (Å²) in [6.07, 6.45) is 2.85. The van der Waals surface area contributed by atoms with Gasteiger partial charge < -0.3 is 5.11 Å². The molecule has 4 nitrogen and oxygen atoms in total. The third-order valence-electron chi connectivity index (χ3n) is 0.935. The van der Waals surface area contributed by atoms with Gasteiger partial charge in [-0.05, 0) is 6.07 Å². The second-order valence-corrected chi connectivity index (χ2v) is 1.51. The number of aromatic nitrogens is 2. The maximum absolute atomic E-state index is 10.5. The van der Waals surface area contributed by atoms with Gasteiger partial charge in [-0.1, -0.05) is 0 Å². The van der Waals surface area contributed by atoms with Crippen LogP contribution in [-0.2, 0) is 6.73 Å². The largest absolute Gasteiger partial charge is 0.376 e. The van der Waals surface area contributed by atoms with E-state index in [0.717, 1.165) is 4.57 Å². The summed E-state index contributed by atoms with van der Waals surface area (Å²) in [5.41, 5.74) is -0.431. The van der Waals surface area contributed by atoms with Crippen molar-refractivity contribution >= 4 is 0 Å². The van der Waals surface area contributed by atoms with Crippen molar-refractivity contribution in [2.75, 3.05) is 0 Å². The average Bonchev–Trinajstić information content (AvgIpc) is 1.89. The fraction of sp³-hybridized carbons (Fsp3) is 0.200. The molecule has 0 saturated carbocycles. The van der Waals surface area contributed by atoms with E-state index >= 15 is 0 Å². The normalized spacial score (nSPS) is 9.44. The highest BCUT2D eigenvalue weighted by Crippen LogP contribution is 1.73. The smallest absolute Gasteiger partial charge is 0.349 e. The highest BCUT2D eigenvalue weighted by atomic mass is 16.3. The molecule has 9 heavy (non-hydrogen) atoms. The van der Waals surface area contributed by atoms with Crippen molar-refractivity contribution < 1.29 is 5.11 Å². The van der Waals surface area contributed by atoms with Gasteiger partial charge in [-0.3, -0.25) is 4.57 Å². The first kappa shape index (κ1) is 5.97. The van der Waals surface area contributed by atoms with Gasteiger partial charge in [0.2, 0.25) is 0 Å². The molecular formula is C5H6N2O2. The Morgan fingerprint density at radius 1 is 1.78 bits per heavy atom. The maximum atomic E-state index is 10.5. The molecule has 0 amide bonds. The van der Waals surface area contributed by atoms with Crippen LogP contribution in [0, 0.1) is 0 Å². The lowest BCUT2D eigenvalue weighted by molar-refractivity contribution is 0.204. The molecule has 1 aromatic heterocycles. The zero-order valence-electron chi connectivity index (χ0n) is 4.69. The summed E-state index contributed by atoms with van der Waals surface area (Å²) < 4.78 is 1.10. The van der Waals surface area contributed by atoms with E-state index in [9.17, 15) is 4.79 Å². The standard InChI is InChI=1S/C5H6N2O2/c8-4-7-3-1-2-6-5(7)9/h1-3,8H,4H2. The fourth-order valence-electron chi connectivity index (χ4n) is 0.495. The number of hydrogen-bond donors (Lipinski definition) is 1. The summed E-state index contributed by atoms with van der Waals surface area (Å²) in [5.74, 6) is 0. The number of nitrogens with zero attached hydrogens (tertiary/aromatic N) is 2. The third-order valence-corrected chi connectivity index (χ3v) is 0.935. The van der Waals surface area contributed by atoms with Gasteiger partial charge in [0.25, 0.3) is 0 Å². The van der Waals surface area contributed by atoms with Crippen molar-refractivity contribution in [1.82, 2.24) is 9.55 Å². The van der Waals surface area contributed by atoms with Crippen LogP contribution in [0.5, 0.6) is 0 Å². The Hall–Kier alpha value is -1.16. The van der Waals surface area contributed by atoms with Crippen LogP contribution >= 0.6 is 0 Å². The molecule has 0 aliphatic carbocycles. The average molecular weight is 126 g/mol. The van der Waals surface area contributed by atoms with Crippen LogP contribution in [-0.4, -0.2) is 14.7 Å². The Bertz CT molecular complexity index is 243. The summed E-state index contributed by atoms with van der Waals surface area (Å²) in [7, 11) is 0. The van der Waals surface area contributed by atoms with E-state index in [4.69, 9.17) is 5.11 Å². The molecule has 0 fully saturated rings. The molecule has 0 unspecified atom stereocenters. The highest BCUT2D eigenvalue weighted by Gasteiger charge is 1.87. The Labute approximate surface area is 51.4 Å². The second-order valence-electron chi connectivity index (χ2n) is 1.51. The van der Waals surface area contributed by atoms with E-state index in [0.29, 0.717) is 0 Å². The Morgan fingerprint density at radius 2 is 2.56 bits per heavy atom. The molecule has 0 aliphatic heterocycles. The molecule has 0 atom stereocenters. The van der Waals surface area contributed by atoms with E-state index in [2.05, 4.69) is 4.98 Å². The summed E-state index contributed by atoms with van der Waals surface area (Å²) >= 11 is 0. The predicted molar refractivity (Wildman–Crippen MR) is 30.7 cm³/mol. The molecule has 0 aromatic carbocycles. The van der Waals surface area contributed by atoms with E-state index in [1.54, 1.807) is 6.07 Å². The van der Waals surface area contributed by atoms with Crippen molar-refractivity contribution in [2.45, 2.75) is 6.73 Å². The zero-order valence-corrected chi connectivity index (χ0v) is 4.69. The van der Waals surface area contributed by atoms with Crippen LogP contribution in [0.15, 0.2) is 23.3 Å². The summed E-state index contributed by atoms with van der Waals surface area (Å²) in [6, 6.07) is 1.58. The van der Waals surface area contributed by atoms with E-state index < -0.39 is 5.69 Å². The molecule has 0 radical (unpaired) electrons. The van der Waals surface area contributed by atoms with Gasteiger partial charge in [0.1, 0.15) is 6.73 Å². The van der Waals surface area contributed by atoms with Crippen molar-refractivity contribution in [2.24, 2.45) is 0 Å². The van der Waals surface area contributed by atoms with Crippen LogP contribution in [0.2, 0.25) is 0 Å². The molecule has 4 heteroatoms. The van der Waals surface area contributed by atoms with Gasteiger partial charge in [-0.15, -0.1) is 0 Å². The molecule has 0 saturated heterocycles. The molecule has 1 aromatic rings. The van der Waals surface area contributed by atoms with Gasteiger partial charge in [0.15, 0.2) is 0 Å².